The molecular weight excluding hydrogens is 254 g/mol. The summed E-state index contributed by atoms with van der Waals surface area (Å²) in [5.41, 5.74) is 2.69. The summed E-state index contributed by atoms with van der Waals surface area (Å²) >= 11 is 1.75. The van der Waals surface area contributed by atoms with E-state index in [1.165, 1.54) is 11.1 Å². The van der Waals surface area contributed by atoms with E-state index in [4.69, 9.17) is 0 Å². The number of aliphatic hydroxyl groups excluding tert-OH is 1. The lowest BCUT2D eigenvalue weighted by Gasteiger charge is -2.38. The zero-order chi connectivity index (χ0) is 13.1. The number of rotatable bonds is 3. The van der Waals surface area contributed by atoms with Crippen LogP contribution in [-0.4, -0.2) is 22.7 Å². The minimum Gasteiger partial charge on any atom is -0.393 e. The Morgan fingerprint density at radius 2 is 2.05 bits per heavy atom. The summed E-state index contributed by atoms with van der Waals surface area (Å²) in [5.74, 6) is 0. The molecule has 1 aromatic carbocycles. The first-order valence-electron chi connectivity index (χ1n) is 6.81. The van der Waals surface area contributed by atoms with Gasteiger partial charge in [-0.15, -0.1) is 0 Å². The molecule has 1 fully saturated rings. The molecule has 0 amide bonds. The summed E-state index contributed by atoms with van der Waals surface area (Å²) in [7, 11) is 0. The van der Waals surface area contributed by atoms with Crippen LogP contribution in [-0.2, 0) is 6.54 Å². The van der Waals surface area contributed by atoms with Crippen LogP contribution in [0.15, 0.2) is 47.2 Å². The van der Waals surface area contributed by atoms with Crippen LogP contribution in [0.5, 0.6) is 0 Å². The summed E-state index contributed by atoms with van der Waals surface area (Å²) < 4.78 is 0. The molecule has 19 heavy (non-hydrogen) atoms. The third-order valence-corrected chi connectivity index (χ3v) is 4.57. The number of hydrogen-bond donors (Lipinski definition) is 1. The molecular formula is C16H19NOS. The van der Waals surface area contributed by atoms with Gasteiger partial charge < -0.3 is 5.11 Å². The largest absolute Gasteiger partial charge is 0.393 e. The standard InChI is InChI=1S/C16H19NOS/c18-15-6-8-17(11-13-7-9-19-12-13)16(10-15)14-4-2-1-3-5-14/h1-5,7,9,12,15-16,18H,6,8,10-11H2. The number of hydrogen-bond acceptors (Lipinski definition) is 3. The quantitative estimate of drug-likeness (QED) is 0.926. The molecule has 2 aromatic rings. The van der Waals surface area contributed by atoms with Crippen molar-refractivity contribution in [1.82, 2.24) is 4.90 Å². The number of aliphatic hydroxyl groups is 1. The highest BCUT2D eigenvalue weighted by Crippen LogP contribution is 2.32. The lowest BCUT2D eigenvalue weighted by Crippen LogP contribution is -2.38. The van der Waals surface area contributed by atoms with E-state index in [-0.39, 0.29) is 6.10 Å². The average Bonchev–Trinajstić information content (AvgIpc) is 2.95. The lowest BCUT2D eigenvalue weighted by atomic mass is 9.93. The Morgan fingerprint density at radius 1 is 1.21 bits per heavy atom. The van der Waals surface area contributed by atoms with Gasteiger partial charge in [0.25, 0.3) is 0 Å². The zero-order valence-corrected chi connectivity index (χ0v) is 11.7. The van der Waals surface area contributed by atoms with E-state index in [1.807, 2.05) is 6.07 Å². The normalized spacial score (nSPS) is 24.5. The molecule has 0 aliphatic carbocycles. The molecule has 1 aliphatic heterocycles. The first kappa shape index (κ1) is 12.9. The third kappa shape index (κ3) is 3.06. The number of likely N-dealkylation sites (tertiary alicyclic amines) is 1. The molecule has 100 valence electrons. The SMILES string of the molecule is OC1CCN(Cc2ccsc2)C(c2ccccc2)C1. The van der Waals surface area contributed by atoms with Gasteiger partial charge in [0.15, 0.2) is 0 Å². The van der Waals surface area contributed by atoms with Gasteiger partial charge >= 0.3 is 0 Å². The van der Waals surface area contributed by atoms with Crippen LogP contribution in [0.3, 0.4) is 0 Å². The number of piperidine rings is 1. The van der Waals surface area contributed by atoms with Gasteiger partial charge in [-0.05, 0) is 40.8 Å². The van der Waals surface area contributed by atoms with E-state index in [1.54, 1.807) is 11.3 Å². The Morgan fingerprint density at radius 3 is 2.79 bits per heavy atom. The van der Waals surface area contributed by atoms with Crippen molar-refractivity contribution < 1.29 is 5.11 Å². The number of benzene rings is 1. The van der Waals surface area contributed by atoms with Crippen LogP contribution in [0.4, 0.5) is 0 Å². The predicted octanol–water partition coefficient (Wildman–Crippen LogP) is 3.45. The molecule has 0 radical (unpaired) electrons. The van der Waals surface area contributed by atoms with Crippen LogP contribution in [0.1, 0.15) is 30.0 Å². The first-order chi connectivity index (χ1) is 9.33. The van der Waals surface area contributed by atoms with Crippen molar-refractivity contribution in [2.45, 2.75) is 31.5 Å². The molecule has 2 heterocycles. The smallest absolute Gasteiger partial charge is 0.0570 e. The van der Waals surface area contributed by atoms with Crippen molar-refractivity contribution in [3.8, 4) is 0 Å². The van der Waals surface area contributed by atoms with Crippen molar-refractivity contribution in [2.24, 2.45) is 0 Å². The topological polar surface area (TPSA) is 23.5 Å². The van der Waals surface area contributed by atoms with Gasteiger partial charge in [0.2, 0.25) is 0 Å². The van der Waals surface area contributed by atoms with Crippen LogP contribution >= 0.6 is 11.3 Å². The highest BCUT2D eigenvalue weighted by Gasteiger charge is 2.28. The Hall–Kier alpha value is -1.16. The highest BCUT2D eigenvalue weighted by molar-refractivity contribution is 7.07. The molecule has 2 atom stereocenters. The molecule has 1 aliphatic rings. The van der Waals surface area contributed by atoms with Gasteiger partial charge in [-0.2, -0.15) is 11.3 Å². The van der Waals surface area contributed by atoms with E-state index in [2.05, 4.69) is 46.0 Å². The van der Waals surface area contributed by atoms with E-state index >= 15 is 0 Å². The van der Waals surface area contributed by atoms with Crippen molar-refractivity contribution in [3.05, 3.63) is 58.3 Å². The van der Waals surface area contributed by atoms with Crippen molar-refractivity contribution >= 4 is 11.3 Å². The fourth-order valence-corrected chi connectivity index (χ4v) is 3.48. The first-order valence-corrected chi connectivity index (χ1v) is 7.75. The summed E-state index contributed by atoms with van der Waals surface area (Å²) in [6, 6.07) is 13.1. The molecule has 0 bridgehead atoms. The van der Waals surface area contributed by atoms with Crippen LogP contribution in [0.25, 0.3) is 0 Å². The van der Waals surface area contributed by atoms with Gasteiger partial charge in [0.1, 0.15) is 0 Å². The second-order valence-corrected chi connectivity index (χ2v) is 5.99. The minimum absolute atomic E-state index is 0.163. The monoisotopic (exact) mass is 273 g/mol. The molecule has 1 aromatic heterocycles. The van der Waals surface area contributed by atoms with E-state index in [0.29, 0.717) is 6.04 Å². The second kappa shape index (κ2) is 5.87. The zero-order valence-electron chi connectivity index (χ0n) is 10.9. The van der Waals surface area contributed by atoms with Gasteiger partial charge in [-0.25, -0.2) is 0 Å². The predicted molar refractivity (Wildman–Crippen MR) is 79.2 cm³/mol. The van der Waals surface area contributed by atoms with Gasteiger partial charge in [0, 0.05) is 19.1 Å². The lowest BCUT2D eigenvalue weighted by molar-refractivity contribution is 0.0364. The molecule has 0 saturated carbocycles. The van der Waals surface area contributed by atoms with E-state index < -0.39 is 0 Å². The average molecular weight is 273 g/mol. The maximum atomic E-state index is 9.96. The van der Waals surface area contributed by atoms with E-state index in [9.17, 15) is 5.11 Å². The molecule has 3 rings (SSSR count). The number of nitrogens with zero attached hydrogens (tertiary/aromatic N) is 1. The van der Waals surface area contributed by atoms with Crippen molar-refractivity contribution in [3.63, 3.8) is 0 Å². The highest BCUT2D eigenvalue weighted by atomic mass is 32.1. The van der Waals surface area contributed by atoms with Crippen LogP contribution in [0, 0.1) is 0 Å². The summed E-state index contributed by atoms with van der Waals surface area (Å²) in [6.45, 7) is 1.95. The van der Waals surface area contributed by atoms with Gasteiger partial charge in [-0.3, -0.25) is 4.90 Å². The molecule has 3 heteroatoms. The maximum absolute atomic E-state index is 9.96. The molecule has 2 unspecified atom stereocenters. The maximum Gasteiger partial charge on any atom is 0.0570 e. The van der Waals surface area contributed by atoms with Crippen molar-refractivity contribution in [1.29, 1.82) is 0 Å². The fourth-order valence-electron chi connectivity index (χ4n) is 2.82. The Bertz CT molecular complexity index is 497. The van der Waals surface area contributed by atoms with Crippen LogP contribution in [0.2, 0.25) is 0 Å². The minimum atomic E-state index is -0.163. The fraction of sp³-hybridized carbons (Fsp3) is 0.375. The summed E-state index contributed by atoms with van der Waals surface area (Å²) in [5, 5.41) is 14.3. The Kier molecular flexibility index (Phi) is 3.97. The molecule has 1 saturated heterocycles. The van der Waals surface area contributed by atoms with Crippen LogP contribution < -0.4 is 0 Å². The second-order valence-electron chi connectivity index (χ2n) is 5.21. The molecule has 0 spiro atoms. The van der Waals surface area contributed by atoms with Crippen molar-refractivity contribution in [2.75, 3.05) is 6.54 Å². The molecule has 2 nitrogen and oxygen atoms in total. The Labute approximate surface area is 118 Å². The Balaban J connectivity index is 1.80. The van der Waals surface area contributed by atoms with Gasteiger partial charge in [0.05, 0.1) is 6.10 Å². The molecule has 1 N–H and O–H groups in total. The number of thiophene rings is 1. The summed E-state index contributed by atoms with van der Waals surface area (Å²) in [6.07, 6.45) is 1.56. The van der Waals surface area contributed by atoms with Gasteiger partial charge in [-0.1, -0.05) is 30.3 Å². The third-order valence-electron chi connectivity index (χ3n) is 3.84. The summed E-state index contributed by atoms with van der Waals surface area (Å²) in [4.78, 5) is 2.49. The van der Waals surface area contributed by atoms with E-state index in [0.717, 1.165) is 25.9 Å².